The van der Waals surface area contributed by atoms with Gasteiger partial charge in [0.1, 0.15) is 0 Å². The maximum absolute atomic E-state index is 10.7. The van der Waals surface area contributed by atoms with Crippen molar-refractivity contribution in [3.8, 4) is 0 Å². The smallest absolute Gasteiger partial charge is 0.309 e. The summed E-state index contributed by atoms with van der Waals surface area (Å²) in [6, 6.07) is 0. The summed E-state index contributed by atoms with van der Waals surface area (Å²) in [5, 5.41) is 22.1. The number of nitroso groups, excluding NO2 is 1. The molecule has 2 N–H and O–H groups in total. The SMILES string of the molecule is CC/C=C/[C@@H](O)CCCC(O)CC[C@H](C)/C=C/C=C/C=C(C)/C=C/C=C/C(=O)N=O. The number of aliphatic hydroxyl groups excluding tert-OH is 2. The maximum Gasteiger partial charge on any atom is 0.309 e. The molecule has 0 aromatic heterocycles. The first-order chi connectivity index (χ1) is 14.4. The molecule has 0 spiro atoms. The molecule has 0 aromatic rings. The number of hydrogen-bond donors (Lipinski definition) is 2. The number of carbonyl (C=O) groups excluding carboxylic acids is 1. The highest BCUT2D eigenvalue weighted by atomic mass is 16.3. The van der Waals surface area contributed by atoms with E-state index in [1.165, 1.54) is 6.08 Å². The Labute approximate surface area is 181 Å². The van der Waals surface area contributed by atoms with Crippen LogP contribution >= 0.6 is 0 Å². The zero-order chi connectivity index (χ0) is 22.6. The van der Waals surface area contributed by atoms with Gasteiger partial charge in [-0.2, -0.15) is 0 Å². The molecule has 5 heteroatoms. The quantitative estimate of drug-likeness (QED) is 0.155. The van der Waals surface area contributed by atoms with E-state index in [1.54, 1.807) is 6.08 Å². The van der Waals surface area contributed by atoms with E-state index < -0.39 is 12.0 Å². The van der Waals surface area contributed by atoms with E-state index in [4.69, 9.17) is 0 Å². The molecule has 0 saturated carbocycles. The largest absolute Gasteiger partial charge is 0.393 e. The van der Waals surface area contributed by atoms with Crippen LogP contribution in [0.3, 0.4) is 0 Å². The number of rotatable bonds is 15. The van der Waals surface area contributed by atoms with E-state index >= 15 is 0 Å². The highest BCUT2D eigenvalue weighted by molar-refractivity contribution is 5.88. The van der Waals surface area contributed by atoms with Crippen molar-refractivity contribution in [1.29, 1.82) is 0 Å². The summed E-state index contributed by atoms with van der Waals surface area (Å²) in [6.45, 7) is 6.10. The third kappa shape index (κ3) is 17.7. The molecule has 5 nitrogen and oxygen atoms in total. The molecule has 0 aliphatic heterocycles. The van der Waals surface area contributed by atoms with Gasteiger partial charge in [-0.25, -0.2) is 0 Å². The lowest BCUT2D eigenvalue weighted by molar-refractivity contribution is -0.113. The number of amides is 1. The third-order valence-corrected chi connectivity index (χ3v) is 4.41. The summed E-state index contributed by atoms with van der Waals surface area (Å²) >= 11 is 0. The molecule has 1 unspecified atom stereocenters. The molecule has 0 aliphatic carbocycles. The second-order valence-electron chi connectivity index (χ2n) is 7.37. The molecular weight excluding hydrogens is 378 g/mol. The first kappa shape index (κ1) is 27.6. The number of carbonyl (C=O) groups is 1. The van der Waals surface area contributed by atoms with E-state index in [0.717, 1.165) is 43.8 Å². The fourth-order valence-electron chi connectivity index (χ4n) is 2.60. The van der Waals surface area contributed by atoms with Crippen LogP contribution in [0.2, 0.25) is 0 Å². The monoisotopic (exact) mass is 415 g/mol. The Morgan fingerprint density at radius 2 is 1.67 bits per heavy atom. The Morgan fingerprint density at radius 3 is 2.37 bits per heavy atom. The molecule has 30 heavy (non-hydrogen) atoms. The van der Waals surface area contributed by atoms with Crippen LogP contribution in [-0.2, 0) is 4.79 Å². The van der Waals surface area contributed by atoms with E-state index in [2.05, 4.69) is 18.2 Å². The molecule has 3 atom stereocenters. The first-order valence-electron chi connectivity index (χ1n) is 10.7. The summed E-state index contributed by atoms with van der Waals surface area (Å²) in [6.07, 6.45) is 23.9. The predicted molar refractivity (Wildman–Crippen MR) is 125 cm³/mol. The predicted octanol–water partition coefficient (Wildman–Crippen LogP) is 5.73. The summed E-state index contributed by atoms with van der Waals surface area (Å²) < 4.78 is 0. The minimum Gasteiger partial charge on any atom is -0.393 e. The summed E-state index contributed by atoms with van der Waals surface area (Å²) in [5.74, 6) is -0.423. The van der Waals surface area contributed by atoms with Gasteiger partial charge in [0.15, 0.2) is 0 Å². The van der Waals surface area contributed by atoms with Crippen LogP contribution in [0, 0.1) is 10.8 Å². The highest BCUT2D eigenvalue weighted by Gasteiger charge is 2.07. The Balaban J connectivity index is 4.09. The maximum atomic E-state index is 10.7. The second kappa shape index (κ2) is 18.6. The minimum absolute atomic E-state index is 0.317. The molecular formula is C25H37NO4. The van der Waals surface area contributed by atoms with Gasteiger partial charge in [0.05, 0.1) is 12.2 Å². The lowest BCUT2D eigenvalue weighted by atomic mass is 9.99. The van der Waals surface area contributed by atoms with E-state index in [1.807, 2.05) is 56.4 Å². The summed E-state index contributed by atoms with van der Waals surface area (Å²) in [5.41, 5.74) is 1.00. The number of allylic oxidation sites excluding steroid dienone is 10. The second-order valence-corrected chi connectivity index (χ2v) is 7.37. The fraction of sp³-hybridized carbons (Fsp3) is 0.480. The molecule has 0 aromatic carbocycles. The van der Waals surface area contributed by atoms with Gasteiger partial charge in [-0.05, 0) is 51.4 Å². The van der Waals surface area contributed by atoms with Gasteiger partial charge in [0, 0.05) is 11.3 Å². The molecule has 166 valence electrons. The van der Waals surface area contributed by atoms with Crippen LogP contribution in [-0.4, -0.2) is 28.3 Å². The molecule has 0 aliphatic rings. The van der Waals surface area contributed by atoms with Crippen molar-refractivity contribution >= 4 is 5.91 Å². The van der Waals surface area contributed by atoms with Crippen molar-refractivity contribution in [3.05, 3.63) is 77.3 Å². The highest BCUT2D eigenvalue weighted by Crippen LogP contribution is 2.14. The molecule has 0 heterocycles. The van der Waals surface area contributed by atoms with Crippen molar-refractivity contribution < 1.29 is 15.0 Å². The number of aliphatic hydroxyl groups is 2. The van der Waals surface area contributed by atoms with Gasteiger partial charge in [0.25, 0.3) is 0 Å². The Morgan fingerprint density at radius 1 is 0.933 bits per heavy atom. The first-order valence-corrected chi connectivity index (χ1v) is 10.7. The third-order valence-electron chi connectivity index (χ3n) is 4.41. The molecule has 0 rings (SSSR count). The van der Waals surface area contributed by atoms with Crippen LogP contribution in [0.4, 0.5) is 0 Å². The lowest BCUT2D eigenvalue weighted by Gasteiger charge is -2.13. The Kier molecular flexibility index (Phi) is 17.2. The summed E-state index contributed by atoms with van der Waals surface area (Å²) in [4.78, 5) is 20.6. The van der Waals surface area contributed by atoms with Gasteiger partial charge < -0.3 is 10.2 Å². The van der Waals surface area contributed by atoms with Crippen LogP contribution in [0.5, 0.6) is 0 Å². The topological polar surface area (TPSA) is 87.0 Å². The summed E-state index contributed by atoms with van der Waals surface area (Å²) in [7, 11) is 0. The van der Waals surface area contributed by atoms with Crippen LogP contribution < -0.4 is 0 Å². The Bertz CT molecular complexity index is 656. The van der Waals surface area contributed by atoms with Crippen molar-refractivity contribution in [2.75, 3.05) is 0 Å². The van der Waals surface area contributed by atoms with E-state index in [9.17, 15) is 19.9 Å². The number of nitrogens with zero attached hydrogens (tertiary/aromatic N) is 1. The van der Waals surface area contributed by atoms with Crippen molar-refractivity contribution in [2.45, 2.75) is 71.5 Å². The molecule has 0 radical (unpaired) electrons. The van der Waals surface area contributed by atoms with Crippen molar-refractivity contribution in [3.63, 3.8) is 0 Å². The molecule has 0 fully saturated rings. The minimum atomic E-state index is -0.799. The van der Waals surface area contributed by atoms with Gasteiger partial charge in [-0.15, -0.1) is 4.91 Å². The van der Waals surface area contributed by atoms with Crippen molar-refractivity contribution in [2.24, 2.45) is 11.1 Å². The van der Waals surface area contributed by atoms with Crippen molar-refractivity contribution in [1.82, 2.24) is 0 Å². The van der Waals surface area contributed by atoms with Gasteiger partial charge in [0.2, 0.25) is 0 Å². The fourth-order valence-corrected chi connectivity index (χ4v) is 2.60. The normalized spacial score (nSPS) is 16.4. The van der Waals surface area contributed by atoms with Crippen LogP contribution in [0.25, 0.3) is 0 Å². The van der Waals surface area contributed by atoms with Gasteiger partial charge in [-0.3, -0.25) is 4.79 Å². The molecule has 0 bridgehead atoms. The van der Waals surface area contributed by atoms with Gasteiger partial charge >= 0.3 is 5.91 Å². The molecule has 1 amide bonds. The van der Waals surface area contributed by atoms with Gasteiger partial charge in [-0.1, -0.05) is 80.2 Å². The zero-order valence-corrected chi connectivity index (χ0v) is 18.5. The average molecular weight is 416 g/mol. The lowest BCUT2D eigenvalue weighted by Crippen LogP contribution is -2.10. The standard InChI is InChI=1S/C25H37NO4/c1-4-5-15-23(27)16-11-17-24(28)20-19-22(3)13-8-6-7-12-21(2)14-9-10-18-25(29)26-30/h5-10,12-15,18,22-24,27-28H,4,11,16-17,19-20H2,1-3H3/b7-6+,13-8+,14-9+,15-5+,18-10+,21-12+/t22-,23-,24?/m1/s1. The van der Waals surface area contributed by atoms with Crippen LogP contribution in [0.15, 0.2) is 77.6 Å². The van der Waals surface area contributed by atoms with E-state index in [-0.39, 0.29) is 6.10 Å². The van der Waals surface area contributed by atoms with E-state index in [0.29, 0.717) is 12.3 Å². The Hall–Kier alpha value is -2.37. The molecule has 0 saturated heterocycles. The average Bonchev–Trinajstić information content (AvgIpc) is 2.73. The zero-order valence-electron chi connectivity index (χ0n) is 18.5. The van der Waals surface area contributed by atoms with Crippen LogP contribution in [0.1, 0.15) is 59.3 Å². The number of hydrogen-bond acceptors (Lipinski definition) is 4.